The second-order valence-corrected chi connectivity index (χ2v) is 9.62. The number of amides is 1. The first-order valence-corrected chi connectivity index (χ1v) is 10.9. The van der Waals surface area contributed by atoms with Crippen LogP contribution in [0.5, 0.6) is 0 Å². The van der Waals surface area contributed by atoms with Crippen LogP contribution >= 0.6 is 15.9 Å². The van der Waals surface area contributed by atoms with Gasteiger partial charge in [-0.3, -0.25) is 9.67 Å². The summed E-state index contributed by atoms with van der Waals surface area (Å²) in [5.74, 6) is 3.63. The number of hydrogen-bond donors (Lipinski definition) is 2. The van der Waals surface area contributed by atoms with Crippen LogP contribution in [0.1, 0.15) is 50.2 Å². The molecule has 0 bridgehead atoms. The Morgan fingerprint density at radius 3 is 2.52 bits per heavy atom. The third-order valence-electron chi connectivity index (χ3n) is 5.46. The second kappa shape index (κ2) is 8.26. The molecule has 1 atom stereocenters. The Balaban J connectivity index is 1.95. The van der Waals surface area contributed by atoms with Gasteiger partial charge in [0.1, 0.15) is 11.5 Å². The number of halogens is 3. The van der Waals surface area contributed by atoms with Crippen molar-refractivity contribution in [1.82, 2.24) is 24.6 Å². The highest BCUT2D eigenvalue weighted by Crippen LogP contribution is 2.39. The fourth-order valence-electron chi connectivity index (χ4n) is 3.84. The molecular formula is C22H21BrF2N6O2. The molecule has 1 saturated heterocycles. The Hall–Kier alpha value is -3.26. The predicted octanol–water partition coefficient (Wildman–Crippen LogP) is 4.07. The van der Waals surface area contributed by atoms with Crippen molar-refractivity contribution in [3.63, 3.8) is 0 Å². The lowest BCUT2D eigenvalue weighted by Gasteiger charge is -2.22. The molecule has 11 heteroatoms. The second-order valence-electron chi connectivity index (χ2n) is 8.83. The van der Waals surface area contributed by atoms with Gasteiger partial charge in [0.05, 0.1) is 45.1 Å². The molecule has 3 aromatic rings. The van der Waals surface area contributed by atoms with Crippen LogP contribution in [0.3, 0.4) is 0 Å². The molecule has 0 aromatic carbocycles. The molecule has 0 saturated carbocycles. The number of rotatable bonds is 1. The van der Waals surface area contributed by atoms with Gasteiger partial charge in [0.15, 0.2) is 11.6 Å². The lowest BCUT2D eigenvalue weighted by atomic mass is 9.91. The van der Waals surface area contributed by atoms with Crippen LogP contribution in [-0.2, 0) is 5.41 Å². The van der Waals surface area contributed by atoms with Crippen molar-refractivity contribution in [1.29, 1.82) is 0 Å². The van der Waals surface area contributed by atoms with Gasteiger partial charge in [-0.05, 0) is 28.3 Å². The van der Waals surface area contributed by atoms with Gasteiger partial charge in [-0.1, -0.05) is 26.7 Å². The highest BCUT2D eigenvalue weighted by atomic mass is 79.9. The molecule has 8 nitrogen and oxygen atoms in total. The summed E-state index contributed by atoms with van der Waals surface area (Å²) in [4.78, 5) is 20.8. The van der Waals surface area contributed by atoms with Crippen molar-refractivity contribution in [3.05, 3.63) is 45.5 Å². The fraction of sp³-hybridized carbons (Fsp3) is 0.364. The molecule has 1 aliphatic rings. The van der Waals surface area contributed by atoms with Crippen LogP contribution in [0.25, 0.3) is 10.9 Å². The van der Waals surface area contributed by atoms with E-state index in [-0.39, 0.29) is 29.5 Å². The summed E-state index contributed by atoms with van der Waals surface area (Å²) in [5, 5.41) is 14.4. The smallest absolute Gasteiger partial charge is 0.407 e. The molecular weight excluding hydrogens is 498 g/mol. The topological polar surface area (TPSA) is 110 Å². The summed E-state index contributed by atoms with van der Waals surface area (Å²) in [7, 11) is 0. The Labute approximate surface area is 196 Å². The number of pyridine rings is 2. The Morgan fingerprint density at radius 2 is 1.94 bits per heavy atom. The highest BCUT2D eigenvalue weighted by molar-refractivity contribution is 9.10. The quantitative estimate of drug-likeness (QED) is 0.469. The average Bonchev–Trinajstić information content (AvgIpc) is 3.35. The molecule has 3 N–H and O–H groups in total. The summed E-state index contributed by atoms with van der Waals surface area (Å²) >= 11 is 3.64. The third kappa shape index (κ3) is 4.11. The molecule has 33 heavy (non-hydrogen) atoms. The molecule has 1 aliphatic heterocycles. The molecule has 3 aromatic heterocycles. The van der Waals surface area contributed by atoms with Gasteiger partial charge in [-0.25, -0.2) is 18.6 Å². The number of aromatic nitrogens is 4. The van der Waals surface area contributed by atoms with Gasteiger partial charge >= 0.3 is 6.09 Å². The molecule has 0 spiro atoms. The lowest BCUT2D eigenvalue weighted by Crippen LogP contribution is -2.27. The van der Waals surface area contributed by atoms with Crippen molar-refractivity contribution in [2.75, 3.05) is 18.8 Å². The monoisotopic (exact) mass is 518 g/mol. The number of hydrogen-bond acceptors (Lipinski definition) is 5. The van der Waals surface area contributed by atoms with Gasteiger partial charge in [-0.15, -0.1) is 0 Å². The molecule has 0 radical (unpaired) electrons. The standard InChI is InChI=1S/C22H21BrF2N6O2/c1-22(2,3)19-17(23)18-16(20(26)28-19)15(5-4-12-13(24)8-27-9-14(12)25)29-31(18)11-6-7-30(10-11)21(32)33/h8-9,11H,6-7,10H2,1-3H3,(H2,26,28)(H,32,33)/t11-/m0/s1. The normalized spacial score (nSPS) is 16.2. The van der Waals surface area contributed by atoms with Gasteiger partial charge < -0.3 is 15.7 Å². The van der Waals surface area contributed by atoms with E-state index in [9.17, 15) is 18.7 Å². The summed E-state index contributed by atoms with van der Waals surface area (Å²) in [6.07, 6.45) is 1.30. The summed E-state index contributed by atoms with van der Waals surface area (Å²) in [5.41, 5.74) is 7.05. The fourth-order valence-corrected chi connectivity index (χ4v) is 4.90. The average molecular weight is 519 g/mol. The summed E-state index contributed by atoms with van der Waals surface area (Å²) in [6.45, 7) is 6.57. The minimum atomic E-state index is -1.01. The van der Waals surface area contributed by atoms with Crippen LogP contribution in [-0.4, -0.2) is 48.9 Å². The molecule has 0 unspecified atom stereocenters. The van der Waals surface area contributed by atoms with E-state index in [4.69, 9.17) is 5.73 Å². The number of nitrogen functional groups attached to an aromatic ring is 1. The van der Waals surface area contributed by atoms with Gasteiger partial charge in [-0.2, -0.15) is 5.10 Å². The van der Waals surface area contributed by atoms with Gasteiger partial charge in [0.2, 0.25) is 0 Å². The number of carbonyl (C=O) groups is 1. The zero-order valence-corrected chi connectivity index (χ0v) is 19.7. The number of anilines is 1. The van der Waals surface area contributed by atoms with E-state index in [0.717, 1.165) is 12.4 Å². The number of nitrogens with two attached hydrogens (primary N) is 1. The maximum absolute atomic E-state index is 14.0. The Bertz CT molecular complexity index is 1320. The van der Waals surface area contributed by atoms with Crippen molar-refractivity contribution in [2.24, 2.45) is 0 Å². The van der Waals surface area contributed by atoms with Gasteiger partial charge in [0.25, 0.3) is 0 Å². The Morgan fingerprint density at radius 1 is 1.27 bits per heavy atom. The zero-order chi connectivity index (χ0) is 24.1. The molecule has 1 fully saturated rings. The van der Waals surface area contributed by atoms with E-state index in [1.54, 1.807) is 4.68 Å². The van der Waals surface area contributed by atoms with E-state index in [1.165, 1.54) is 4.90 Å². The van der Waals surface area contributed by atoms with Crippen LogP contribution in [0.4, 0.5) is 19.4 Å². The number of fused-ring (bicyclic) bond motifs is 1. The molecule has 172 valence electrons. The highest BCUT2D eigenvalue weighted by Gasteiger charge is 2.32. The number of carboxylic acid groups (broad SMARTS) is 1. The largest absolute Gasteiger partial charge is 0.465 e. The van der Waals surface area contributed by atoms with E-state index >= 15 is 0 Å². The van der Waals surface area contributed by atoms with Crippen molar-refractivity contribution in [3.8, 4) is 11.8 Å². The van der Waals surface area contributed by atoms with Gasteiger partial charge in [0, 0.05) is 18.5 Å². The molecule has 0 aliphatic carbocycles. The lowest BCUT2D eigenvalue weighted by molar-refractivity contribution is 0.154. The SMILES string of the molecule is CC(C)(C)c1nc(N)c2c(C#Cc3c(F)cncc3F)nn([C@H]3CCN(C(=O)O)C3)c2c1Br. The van der Waals surface area contributed by atoms with Crippen LogP contribution < -0.4 is 5.73 Å². The predicted molar refractivity (Wildman–Crippen MR) is 122 cm³/mol. The molecule has 4 heterocycles. The first-order chi connectivity index (χ1) is 15.5. The Kier molecular flexibility index (Phi) is 5.74. The molecule has 1 amide bonds. The summed E-state index contributed by atoms with van der Waals surface area (Å²) in [6, 6.07) is -0.264. The zero-order valence-electron chi connectivity index (χ0n) is 18.2. The minimum absolute atomic E-state index is 0.178. The third-order valence-corrected chi connectivity index (χ3v) is 6.22. The number of likely N-dealkylation sites (tertiary alicyclic amines) is 1. The minimum Gasteiger partial charge on any atom is -0.465 e. The van der Waals surface area contributed by atoms with Crippen molar-refractivity contribution >= 4 is 38.7 Å². The summed E-state index contributed by atoms with van der Waals surface area (Å²) < 4.78 is 30.4. The van der Waals surface area contributed by atoms with Crippen LogP contribution in [0.2, 0.25) is 0 Å². The first-order valence-electron chi connectivity index (χ1n) is 10.2. The van der Waals surface area contributed by atoms with E-state index < -0.39 is 23.3 Å². The van der Waals surface area contributed by atoms with Crippen molar-refractivity contribution in [2.45, 2.75) is 38.6 Å². The van der Waals surface area contributed by atoms with E-state index in [2.05, 4.69) is 42.8 Å². The maximum Gasteiger partial charge on any atom is 0.407 e. The van der Waals surface area contributed by atoms with Crippen molar-refractivity contribution < 1.29 is 18.7 Å². The molecule has 4 rings (SSSR count). The maximum atomic E-state index is 14.0. The number of nitrogens with zero attached hydrogens (tertiary/aromatic N) is 5. The first kappa shape index (κ1) is 22.9. The van der Waals surface area contributed by atoms with Crippen LogP contribution in [0.15, 0.2) is 16.9 Å². The van der Waals surface area contributed by atoms with E-state index in [1.807, 2.05) is 20.8 Å². The van der Waals surface area contributed by atoms with E-state index in [0.29, 0.717) is 34.0 Å². The van der Waals surface area contributed by atoms with Crippen LogP contribution in [0, 0.1) is 23.5 Å².